The van der Waals surface area contributed by atoms with Gasteiger partial charge in [-0.1, -0.05) is 0 Å². The first-order chi connectivity index (χ1) is 7.47. The zero-order chi connectivity index (χ0) is 12.3. The highest BCUT2D eigenvalue weighted by molar-refractivity contribution is 14.1. The lowest BCUT2D eigenvalue weighted by Gasteiger charge is -2.08. The average molecular weight is 406 g/mol. The van der Waals surface area contributed by atoms with Gasteiger partial charge in [0.15, 0.2) is 0 Å². The Balaban J connectivity index is 3.07. The van der Waals surface area contributed by atoms with E-state index in [1.54, 1.807) is 0 Å². The van der Waals surface area contributed by atoms with Crippen LogP contribution in [0.3, 0.4) is 0 Å². The van der Waals surface area contributed by atoms with E-state index < -0.39 is 12.4 Å². The number of rotatable bonds is 3. The third-order valence-corrected chi connectivity index (χ3v) is 4.59. The third-order valence-electron chi connectivity index (χ3n) is 1.83. The predicted molar refractivity (Wildman–Crippen MR) is 65.3 cm³/mol. The molecule has 88 valence electrons. The summed E-state index contributed by atoms with van der Waals surface area (Å²) in [5.74, 6) is -0.456. The number of ether oxygens (including phenoxy) is 1. The van der Waals surface area contributed by atoms with E-state index in [1.807, 2.05) is 22.6 Å². The lowest BCUT2D eigenvalue weighted by Crippen LogP contribution is -2.09. The van der Waals surface area contributed by atoms with Crippen molar-refractivity contribution in [1.82, 2.24) is 4.98 Å². The summed E-state index contributed by atoms with van der Waals surface area (Å²) in [4.78, 5) is 14.9. The molecular weight excluding hydrogens is 399 g/mol. The number of nitrogens with zero attached hydrogens (tertiary/aromatic N) is 1. The summed E-state index contributed by atoms with van der Waals surface area (Å²) < 4.78 is 30.3. The van der Waals surface area contributed by atoms with Gasteiger partial charge in [0, 0.05) is 14.2 Å². The van der Waals surface area contributed by atoms with Crippen molar-refractivity contribution in [2.75, 3.05) is 7.11 Å². The zero-order valence-corrected chi connectivity index (χ0v) is 11.9. The summed E-state index contributed by atoms with van der Waals surface area (Å²) in [6.45, 7) is 0. The number of hydrogen-bond acceptors (Lipinski definition) is 3. The minimum Gasteiger partial charge on any atom is -0.469 e. The molecule has 0 aromatic carbocycles. The van der Waals surface area contributed by atoms with Crippen molar-refractivity contribution in [2.45, 2.75) is 12.8 Å². The fraction of sp³-hybridized carbons (Fsp3) is 0.333. The van der Waals surface area contributed by atoms with Gasteiger partial charge in [0.2, 0.25) is 0 Å². The van der Waals surface area contributed by atoms with Crippen molar-refractivity contribution >= 4 is 44.5 Å². The standard InChI is InChI=1S/C9H7BrF2INO2/c1-16-6(15)2-5-8(13)7(10)4(3-14-5)9(11)12/h3,9H,2H2,1H3. The van der Waals surface area contributed by atoms with E-state index in [9.17, 15) is 13.6 Å². The van der Waals surface area contributed by atoms with Gasteiger partial charge < -0.3 is 4.74 Å². The molecule has 0 aliphatic carbocycles. The van der Waals surface area contributed by atoms with E-state index in [-0.39, 0.29) is 16.5 Å². The van der Waals surface area contributed by atoms with Crippen LogP contribution in [0, 0.1) is 3.57 Å². The molecule has 0 unspecified atom stereocenters. The van der Waals surface area contributed by atoms with Gasteiger partial charge in [-0.2, -0.15) is 0 Å². The van der Waals surface area contributed by atoms with Gasteiger partial charge in [0.25, 0.3) is 6.43 Å². The highest BCUT2D eigenvalue weighted by atomic mass is 127. The minimum absolute atomic E-state index is 0.0309. The first-order valence-electron chi connectivity index (χ1n) is 4.15. The molecule has 7 heteroatoms. The Morgan fingerprint density at radius 2 is 2.31 bits per heavy atom. The van der Waals surface area contributed by atoms with Crippen LogP contribution in [0.1, 0.15) is 17.7 Å². The van der Waals surface area contributed by atoms with Crippen molar-refractivity contribution < 1.29 is 18.3 Å². The first-order valence-corrected chi connectivity index (χ1v) is 6.02. The van der Waals surface area contributed by atoms with Crippen LogP contribution in [-0.4, -0.2) is 18.1 Å². The minimum atomic E-state index is -2.59. The topological polar surface area (TPSA) is 39.2 Å². The quantitative estimate of drug-likeness (QED) is 0.573. The van der Waals surface area contributed by atoms with Gasteiger partial charge >= 0.3 is 5.97 Å². The Morgan fingerprint density at radius 1 is 1.69 bits per heavy atom. The molecule has 0 amide bonds. The zero-order valence-electron chi connectivity index (χ0n) is 8.14. The van der Waals surface area contributed by atoms with E-state index in [2.05, 4.69) is 25.7 Å². The number of aromatic nitrogens is 1. The van der Waals surface area contributed by atoms with Crippen LogP contribution in [0.25, 0.3) is 0 Å². The van der Waals surface area contributed by atoms with Crippen molar-refractivity contribution in [3.8, 4) is 0 Å². The summed E-state index contributed by atoms with van der Waals surface area (Å²) >= 11 is 4.93. The predicted octanol–water partition coefficient (Wildman–Crippen LogP) is 3.10. The molecule has 0 atom stereocenters. The van der Waals surface area contributed by atoms with Gasteiger partial charge in [0.05, 0.1) is 24.8 Å². The highest BCUT2D eigenvalue weighted by Crippen LogP contribution is 2.31. The molecule has 1 aromatic heterocycles. The summed E-state index contributed by atoms with van der Waals surface area (Å²) in [5.41, 5.74) is 0.238. The van der Waals surface area contributed by atoms with Crippen molar-refractivity contribution in [2.24, 2.45) is 0 Å². The molecule has 0 saturated heterocycles. The average Bonchev–Trinajstić information content (AvgIpc) is 2.24. The Labute approximate surface area is 113 Å². The third kappa shape index (κ3) is 3.09. The summed E-state index contributed by atoms with van der Waals surface area (Å²) in [7, 11) is 1.26. The number of hydrogen-bond donors (Lipinski definition) is 0. The van der Waals surface area contributed by atoms with Gasteiger partial charge in [0.1, 0.15) is 0 Å². The Kier molecular flexibility index (Phi) is 5.03. The van der Waals surface area contributed by atoms with E-state index in [1.165, 1.54) is 7.11 Å². The second-order valence-corrected chi connectivity index (χ2v) is 4.71. The van der Waals surface area contributed by atoms with Crippen LogP contribution < -0.4 is 0 Å². The number of pyridine rings is 1. The lowest BCUT2D eigenvalue weighted by atomic mass is 10.2. The largest absolute Gasteiger partial charge is 0.469 e. The highest BCUT2D eigenvalue weighted by Gasteiger charge is 2.18. The van der Waals surface area contributed by atoms with Gasteiger partial charge in [-0.3, -0.25) is 9.78 Å². The van der Waals surface area contributed by atoms with Crippen LogP contribution >= 0.6 is 38.5 Å². The van der Waals surface area contributed by atoms with Crippen LogP contribution in [0.4, 0.5) is 8.78 Å². The smallest absolute Gasteiger partial charge is 0.311 e. The van der Waals surface area contributed by atoms with Crippen molar-refractivity contribution in [3.63, 3.8) is 0 Å². The molecule has 3 nitrogen and oxygen atoms in total. The molecule has 0 saturated carbocycles. The summed E-state index contributed by atoms with van der Waals surface area (Å²) in [6, 6.07) is 0. The Bertz CT molecular complexity index is 415. The fourth-order valence-corrected chi connectivity index (χ4v) is 2.14. The maximum atomic E-state index is 12.5. The summed E-state index contributed by atoms with van der Waals surface area (Å²) in [5, 5.41) is 0. The Morgan fingerprint density at radius 3 is 2.81 bits per heavy atom. The van der Waals surface area contributed by atoms with Gasteiger partial charge in [-0.05, 0) is 38.5 Å². The van der Waals surface area contributed by atoms with E-state index in [0.29, 0.717) is 9.26 Å². The maximum Gasteiger partial charge on any atom is 0.311 e. The SMILES string of the molecule is COC(=O)Cc1ncc(C(F)F)c(Br)c1I. The van der Waals surface area contributed by atoms with Crippen LogP contribution in [0.5, 0.6) is 0 Å². The molecule has 0 aliphatic heterocycles. The molecule has 1 aromatic rings. The van der Waals surface area contributed by atoms with E-state index in [0.717, 1.165) is 6.20 Å². The maximum absolute atomic E-state index is 12.5. The molecule has 1 heterocycles. The normalized spacial score (nSPS) is 10.6. The molecular formula is C9H7BrF2INO2. The number of carbonyl (C=O) groups is 1. The fourth-order valence-electron chi connectivity index (χ4n) is 0.998. The van der Waals surface area contributed by atoms with Crippen LogP contribution in [-0.2, 0) is 16.0 Å². The lowest BCUT2D eigenvalue weighted by molar-refractivity contribution is -0.139. The molecule has 1 rings (SSSR count). The van der Waals surface area contributed by atoms with E-state index in [4.69, 9.17) is 0 Å². The number of methoxy groups -OCH3 is 1. The second-order valence-electron chi connectivity index (χ2n) is 2.84. The molecule has 0 radical (unpaired) electrons. The number of alkyl halides is 2. The van der Waals surface area contributed by atoms with Crippen molar-refractivity contribution in [1.29, 1.82) is 0 Å². The van der Waals surface area contributed by atoms with Gasteiger partial charge in [-0.25, -0.2) is 8.78 Å². The Hall–Kier alpha value is -0.310. The first kappa shape index (κ1) is 13.8. The molecule has 0 bridgehead atoms. The number of esters is 1. The second kappa shape index (κ2) is 5.85. The molecule has 16 heavy (non-hydrogen) atoms. The van der Waals surface area contributed by atoms with Gasteiger partial charge in [-0.15, -0.1) is 0 Å². The molecule has 0 N–H and O–H groups in total. The van der Waals surface area contributed by atoms with Crippen molar-refractivity contribution in [3.05, 3.63) is 25.5 Å². The monoisotopic (exact) mass is 405 g/mol. The molecule has 0 spiro atoms. The van der Waals surface area contributed by atoms with Crippen LogP contribution in [0.15, 0.2) is 10.7 Å². The number of carbonyl (C=O) groups excluding carboxylic acids is 1. The number of halogens is 4. The van der Waals surface area contributed by atoms with Crippen LogP contribution in [0.2, 0.25) is 0 Å². The molecule has 0 fully saturated rings. The van der Waals surface area contributed by atoms with E-state index >= 15 is 0 Å². The molecule has 0 aliphatic rings. The summed E-state index contributed by atoms with van der Waals surface area (Å²) in [6.07, 6.45) is -1.56.